The fraction of sp³-hybridized carbons (Fsp3) is 0.516. The molecule has 0 aliphatic carbocycles. The number of aliphatic hydroxyl groups excluding tert-OH is 1. The van der Waals surface area contributed by atoms with Crippen molar-refractivity contribution < 1.29 is 24.2 Å². The lowest BCUT2D eigenvalue weighted by Crippen LogP contribution is -2.53. The second kappa shape index (κ2) is 10.3. The molecule has 0 aromatic heterocycles. The molecule has 4 aliphatic rings. The van der Waals surface area contributed by atoms with Gasteiger partial charge in [0.15, 0.2) is 6.23 Å². The van der Waals surface area contributed by atoms with Crippen molar-refractivity contribution in [3.8, 4) is 0 Å². The molecule has 1 spiro atoms. The van der Waals surface area contributed by atoms with Crippen LogP contribution in [0, 0.1) is 0 Å². The minimum atomic E-state index is -1.26. The van der Waals surface area contributed by atoms with Gasteiger partial charge in [0.25, 0.3) is 5.91 Å². The van der Waals surface area contributed by atoms with Gasteiger partial charge in [0, 0.05) is 49.4 Å². The Hall–Kier alpha value is -3.27. The largest absolute Gasteiger partial charge is 0.381 e. The van der Waals surface area contributed by atoms with E-state index in [1.165, 1.54) is 16.9 Å². The zero-order chi connectivity index (χ0) is 28.1. The number of nitrogens with one attached hydrogen (secondary N) is 2. The van der Waals surface area contributed by atoms with Gasteiger partial charge < -0.3 is 15.2 Å². The molecule has 2 aromatic rings. The molecular weight excluding hydrogens is 508 g/mol. The molecule has 40 heavy (non-hydrogen) atoms. The second-order valence-electron chi connectivity index (χ2n) is 12.3. The molecule has 3 N–H and O–H groups in total. The normalized spacial score (nSPS) is 25.8. The van der Waals surface area contributed by atoms with E-state index in [4.69, 9.17) is 4.74 Å². The van der Waals surface area contributed by atoms with Crippen LogP contribution in [-0.2, 0) is 27.4 Å². The number of piperidine rings is 2. The first-order chi connectivity index (χ1) is 19.1. The standard InChI is InChI=1S/C31H38N4O5/c1-30(2)12-13-31(40-30)14-16-34(17-15-31)19-21-8-6-20(7-9-21)18-32-23-5-3-4-22-26(23)29(39)35(28(22)38)24-10-11-25(36)33-27(24)37/h3-9,24,29,32,39H,10-19H2,1-2H3,(H,33,36,37). The van der Waals surface area contributed by atoms with Gasteiger partial charge in [-0.3, -0.25) is 29.5 Å². The first-order valence-electron chi connectivity index (χ1n) is 14.3. The Kier molecular flexibility index (Phi) is 6.92. The highest BCUT2D eigenvalue weighted by molar-refractivity contribution is 6.06. The zero-order valence-electron chi connectivity index (χ0n) is 23.2. The van der Waals surface area contributed by atoms with Crippen molar-refractivity contribution in [2.75, 3.05) is 18.4 Å². The molecular formula is C31H38N4O5. The second-order valence-corrected chi connectivity index (χ2v) is 12.3. The van der Waals surface area contributed by atoms with Crippen LogP contribution in [0.1, 0.15) is 85.6 Å². The van der Waals surface area contributed by atoms with E-state index in [0.717, 1.165) is 44.5 Å². The summed E-state index contributed by atoms with van der Waals surface area (Å²) in [5.74, 6) is -1.32. The van der Waals surface area contributed by atoms with Crippen LogP contribution in [0.25, 0.3) is 0 Å². The predicted octanol–water partition coefficient (Wildman–Crippen LogP) is 3.47. The fourth-order valence-corrected chi connectivity index (χ4v) is 6.74. The van der Waals surface area contributed by atoms with E-state index in [0.29, 0.717) is 23.4 Å². The minimum absolute atomic E-state index is 0.00637. The van der Waals surface area contributed by atoms with Gasteiger partial charge in [0.1, 0.15) is 6.04 Å². The summed E-state index contributed by atoms with van der Waals surface area (Å²) in [6.07, 6.45) is 3.56. The molecule has 2 atom stereocenters. The Morgan fingerprint density at radius 3 is 2.40 bits per heavy atom. The Labute approximate surface area is 234 Å². The summed E-state index contributed by atoms with van der Waals surface area (Å²) in [6.45, 7) is 7.95. The van der Waals surface area contributed by atoms with E-state index in [-0.39, 0.29) is 30.0 Å². The van der Waals surface area contributed by atoms with Crippen LogP contribution >= 0.6 is 0 Å². The Balaban J connectivity index is 1.06. The Morgan fingerprint density at radius 1 is 1.00 bits per heavy atom. The molecule has 9 nitrogen and oxygen atoms in total. The SMILES string of the molecule is CC1(C)CCC2(CCN(Cc3ccc(CNc4cccc5c4C(O)N(C4CCC(=O)NC4=O)C5=O)cc3)CC2)O1. The van der Waals surface area contributed by atoms with Crippen LogP contribution < -0.4 is 10.6 Å². The van der Waals surface area contributed by atoms with E-state index in [1.54, 1.807) is 12.1 Å². The van der Waals surface area contributed by atoms with Gasteiger partial charge in [-0.1, -0.05) is 30.3 Å². The summed E-state index contributed by atoms with van der Waals surface area (Å²) in [4.78, 5) is 40.8. The highest BCUT2D eigenvalue weighted by Gasteiger charge is 2.46. The lowest BCUT2D eigenvalue weighted by Gasteiger charge is -2.40. The van der Waals surface area contributed by atoms with Crippen molar-refractivity contribution in [1.82, 2.24) is 15.1 Å². The van der Waals surface area contributed by atoms with E-state index >= 15 is 0 Å². The van der Waals surface area contributed by atoms with Gasteiger partial charge in [-0.15, -0.1) is 0 Å². The molecule has 2 unspecified atom stereocenters. The maximum absolute atomic E-state index is 13.1. The number of amides is 3. The van der Waals surface area contributed by atoms with Gasteiger partial charge in [0.05, 0.1) is 11.2 Å². The summed E-state index contributed by atoms with van der Waals surface area (Å²) in [5.41, 5.74) is 3.92. The average molecular weight is 547 g/mol. The molecule has 4 aliphatic heterocycles. The van der Waals surface area contributed by atoms with Gasteiger partial charge >= 0.3 is 0 Å². The number of benzene rings is 2. The number of likely N-dealkylation sites (tertiary alicyclic amines) is 1. The number of nitrogens with zero attached hydrogens (tertiary/aromatic N) is 2. The van der Waals surface area contributed by atoms with Gasteiger partial charge in [-0.2, -0.15) is 0 Å². The predicted molar refractivity (Wildman–Crippen MR) is 149 cm³/mol. The number of rotatable bonds is 6. The Bertz CT molecular complexity index is 1320. The van der Waals surface area contributed by atoms with Gasteiger partial charge in [-0.25, -0.2) is 0 Å². The molecule has 3 amide bonds. The van der Waals surface area contributed by atoms with Crippen LogP contribution in [0.4, 0.5) is 5.69 Å². The Morgan fingerprint density at radius 2 is 1.73 bits per heavy atom. The van der Waals surface area contributed by atoms with Crippen LogP contribution in [0.5, 0.6) is 0 Å². The van der Waals surface area contributed by atoms with Gasteiger partial charge in [-0.05, 0) is 69.2 Å². The van der Waals surface area contributed by atoms with Crippen molar-refractivity contribution in [3.05, 3.63) is 64.7 Å². The average Bonchev–Trinajstić information content (AvgIpc) is 3.37. The third kappa shape index (κ3) is 5.13. The highest BCUT2D eigenvalue weighted by Crippen LogP contribution is 2.44. The van der Waals surface area contributed by atoms with Crippen LogP contribution in [0.15, 0.2) is 42.5 Å². The molecule has 0 bridgehead atoms. The monoisotopic (exact) mass is 546 g/mol. The highest BCUT2D eigenvalue weighted by atomic mass is 16.5. The first kappa shape index (κ1) is 26.9. The molecule has 3 fully saturated rings. The van der Waals surface area contributed by atoms with E-state index in [2.05, 4.69) is 53.6 Å². The number of imide groups is 1. The number of ether oxygens (including phenoxy) is 1. The van der Waals surface area contributed by atoms with Crippen molar-refractivity contribution in [1.29, 1.82) is 0 Å². The first-order valence-corrected chi connectivity index (χ1v) is 14.3. The maximum atomic E-state index is 13.1. The van der Waals surface area contributed by atoms with Crippen LogP contribution in [0.3, 0.4) is 0 Å². The molecule has 0 saturated carbocycles. The minimum Gasteiger partial charge on any atom is -0.381 e. The fourth-order valence-electron chi connectivity index (χ4n) is 6.74. The number of hydrogen-bond acceptors (Lipinski definition) is 7. The summed E-state index contributed by atoms with van der Waals surface area (Å²) in [7, 11) is 0. The number of carbonyl (C=O) groups is 3. The van der Waals surface area contributed by atoms with E-state index in [1.807, 2.05) is 6.07 Å². The third-order valence-corrected chi connectivity index (χ3v) is 8.99. The summed E-state index contributed by atoms with van der Waals surface area (Å²) in [5, 5.41) is 16.7. The smallest absolute Gasteiger partial charge is 0.257 e. The lowest BCUT2D eigenvalue weighted by atomic mass is 9.88. The maximum Gasteiger partial charge on any atom is 0.257 e. The number of carbonyl (C=O) groups excluding carboxylic acids is 3. The van der Waals surface area contributed by atoms with Crippen LogP contribution in [-0.4, -0.2) is 63.0 Å². The van der Waals surface area contributed by atoms with E-state index in [9.17, 15) is 19.5 Å². The molecule has 3 saturated heterocycles. The van der Waals surface area contributed by atoms with Gasteiger partial charge in [0.2, 0.25) is 11.8 Å². The van der Waals surface area contributed by atoms with Crippen molar-refractivity contribution in [2.45, 2.75) is 88.9 Å². The molecule has 2 aromatic carbocycles. The van der Waals surface area contributed by atoms with Crippen molar-refractivity contribution >= 4 is 23.4 Å². The molecule has 212 valence electrons. The number of hydrogen-bond donors (Lipinski definition) is 3. The van der Waals surface area contributed by atoms with Crippen molar-refractivity contribution in [2.24, 2.45) is 0 Å². The van der Waals surface area contributed by atoms with E-state index < -0.39 is 24.1 Å². The summed E-state index contributed by atoms with van der Waals surface area (Å²) < 4.78 is 6.44. The zero-order valence-corrected chi connectivity index (χ0v) is 23.2. The molecule has 6 rings (SSSR count). The van der Waals surface area contributed by atoms with Crippen LogP contribution in [0.2, 0.25) is 0 Å². The number of fused-ring (bicyclic) bond motifs is 1. The molecule has 0 radical (unpaired) electrons. The number of aliphatic hydroxyl groups is 1. The van der Waals surface area contributed by atoms with Crippen molar-refractivity contribution in [3.63, 3.8) is 0 Å². The summed E-state index contributed by atoms with van der Waals surface area (Å²) in [6, 6.07) is 12.9. The summed E-state index contributed by atoms with van der Waals surface area (Å²) >= 11 is 0. The quantitative estimate of drug-likeness (QED) is 0.476. The third-order valence-electron chi connectivity index (χ3n) is 8.99. The lowest BCUT2D eigenvalue weighted by molar-refractivity contribution is -0.139. The topological polar surface area (TPSA) is 111 Å². The number of anilines is 1. The molecule has 4 heterocycles. The molecule has 9 heteroatoms.